The molecule has 0 aliphatic heterocycles. The Balaban J connectivity index is 0.000000116. The molecule has 0 saturated heterocycles. The molecular weight excluding hydrogens is 1540 g/mol. The molecular formula is C117H77FN8. The Labute approximate surface area is 727 Å². The van der Waals surface area contributed by atoms with Crippen LogP contribution < -0.4 is 0 Å². The Morgan fingerprint density at radius 3 is 0.889 bits per heavy atom. The number of halogens is 1. The third-order valence-electron chi connectivity index (χ3n) is 24.5. The van der Waals surface area contributed by atoms with E-state index in [-0.39, 0.29) is 5.82 Å². The van der Waals surface area contributed by atoms with E-state index in [4.69, 9.17) is 39.9 Å². The van der Waals surface area contributed by atoms with Crippen molar-refractivity contribution in [1.82, 2.24) is 39.9 Å². The second-order valence-electron chi connectivity index (χ2n) is 32.4. The van der Waals surface area contributed by atoms with E-state index >= 15 is 0 Å². The fourth-order valence-electron chi connectivity index (χ4n) is 18.1. The standard InChI is InChI=1S/C50H33N3.C37H22FN3.C30H22N2/c1-32-29-38(39-26-28-46-44-17-8-7-15-42(44)43-16-9-10-18-45(43)47(46)31-39)25-27-41(32)34-20-22-36(23-21-34)49-51-48(35-12-3-2-4-13-35)52-50(53-49)40-24-19-33-11-5-6-14-37(33)30-40;38-28-17-19-32-31-18-16-27(21-33(31)29-12-6-7-13-30(29)34(32)22-28)37-40-35(24-9-2-1-3-10-24)39-36(41-37)26-15-14-23-8-4-5-11-25(23)20-26;1-19-11-13-21(14-12-19)29-20(2)18-31-30(32-29)22-15-16-27-25-9-4-3-7-23(25)24-8-5-6-10-26(24)28(27)17-22/h2-31H,1H3;1-22H;3-18H,1-2H3. The number of rotatable bonds is 10. The Kier molecular flexibility index (Phi) is 19.3. The van der Waals surface area contributed by atoms with Gasteiger partial charge in [0.15, 0.2) is 40.8 Å². The molecule has 3 heterocycles. The van der Waals surface area contributed by atoms with Gasteiger partial charge in [-0.3, -0.25) is 0 Å². The SMILES string of the molecule is Cc1cc(-c2ccc3c4ccccc4c4ccccc4c3c2)ccc1-c1ccc(-c2nc(-c3ccccc3)nc(-c3ccc4ccccc4c3)n2)cc1.Cc1ccc(-c2nc(-c3ccc4c5ccccc5c5ccccc5c4c3)ncc2C)cc1.Fc1ccc2c3ccc(-c4nc(-c5ccccc5)nc(-c5ccc6ccccc6c5)n4)cc3c3ccccc3c2c1. The zero-order valence-electron chi connectivity index (χ0n) is 69.2. The van der Waals surface area contributed by atoms with Gasteiger partial charge in [-0.15, -0.1) is 0 Å². The smallest absolute Gasteiger partial charge is 0.164 e. The van der Waals surface area contributed by atoms with Crippen molar-refractivity contribution in [3.63, 3.8) is 0 Å². The first-order chi connectivity index (χ1) is 62.1. The number of fused-ring (bicyclic) bond motifs is 20. The highest BCUT2D eigenvalue weighted by molar-refractivity contribution is 6.28. The first kappa shape index (κ1) is 75.7. The lowest BCUT2D eigenvalue weighted by Crippen LogP contribution is -2.00. The van der Waals surface area contributed by atoms with Gasteiger partial charge < -0.3 is 0 Å². The summed E-state index contributed by atoms with van der Waals surface area (Å²) in [4.78, 5) is 39.4. The molecule has 0 fully saturated rings. The van der Waals surface area contributed by atoms with E-state index in [1.807, 2.05) is 103 Å². The van der Waals surface area contributed by atoms with Gasteiger partial charge >= 0.3 is 0 Å². The Hall–Kier alpha value is -16.5. The van der Waals surface area contributed by atoms with E-state index in [9.17, 15) is 4.39 Å². The molecule has 9 heteroatoms. The minimum absolute atomic E-state index is 0.238. The monoisotopic (exact) mass is 1610 g/mol. The van der Waals surface area contributed by atoms with Crippen LogP contribution in [0.4, 0.5) is 4.39 Å². The average Bonchev–Trinajstić information content (AvgIpc) is 0.750. The van der Waals surface area contributed by atoms with Gasteiger partial charge in [-0.2, -0.15) is 0 Å². The van der Waals surface area contributed by atoms with E-state index in [0.717, 1.165) is 110 Å². The molecule has 21 aromatic carbocycles. The van der Waals surface area contributed by atoms with E-state index in [1.165, 1.54) is 109 Å². The van der Waals surface area contributed by atoms with Crippen LogP contribution in [0.5, 0.6) is 0 Å². The molecule has 0 bridgehead atoms. The summed E-state index contributed by atoms with van der Waals surface area (Å²) in [5, 5.41) is 26.1. The van der Waals surface area contributed by atoms with Gasteiger partial charge in [0.1, 0.15) is 5.82 Å². The van der Waals surface area contributed by atoms with Gasteiger partial charge in [0.25, 0.3) is 0 Å². The van der Waals surface area contributed by atoms with Gasteiger partial charge in [-0.1, -0.05) is 370 Å². The van der Waals surface area contributed by atoms with Crippen LogP contribution in [0.2, 0.25) is 0 Å². The molecule has 0 aliphatic rings. The average molecular weight is 1610 g/mol. The molecule has 0 radical (unpaired) electrons. The molecule has 8 nitrogen and oxygen atoms in total. The summed E-state index contributed by atoms with van der Waals surface area (Å²) in [5.74, 6) is 4.33. The maximum atomic E-state index is 14.3. The van der Waals surface area contributed by atoms with Crippen LogP contribution in [-0.4, -0.2) is 39.9 Å². The molecule has 3 aromatic heterocycles. The quantitative estimate of drug-likeness (QED) is 0.125. The van der Waals surface area contributed by atoms with Crippen molar-refractivity contribution < 1.29 is 4.39 Å². The molecule has 592 valence electrons. The van der Waals surface area contributed by atoms with Crippen LogP contribution in [0.25, 0.3) is 232 Å². The number of nitrogens with zero attached hydrogens (tertiary/aromatic N) is 8. The molecule has 0 atom stereocenters. The summed E-state index contributed by atoms with van der Waals surface area (Å²) in [6.45, 7) is 6.37. The molecule has 0 aliphatic carbocycles. The lowest BCUT2D eigenvalue weighted by Gasteiger charge is -2.13. The number of aromatic nitrogens is 8. The molecule has 0 N–H and O–H groups in total. The van der Waals surface area contributed by atoms with Gasteiger partial charge in [0.05, 0.1) is 5.69 Å². The zero-order valence-corrected chi connectivity index (χ0v) is 69.2. The van der Waals surface area contributed by atoms with E-state index in [0.29, 0.717) is 34.9 Å². The van der Waals surface area contributed by atoms with Crippen molar-refractivity contribution >= 4 is 118 Å². The third-order valence-corrected chi connectivity index (χ3v) is 24.5. The molecule has 0 spiro atoms. The van der Waals surface area contributed by atoms with Crippen molar-refractivity contribution in [1.29, 1.82) is 0 Å². The highest BCUT2D eigenvalue weighted by Crippen LogP contribution is 2.43. The van der Waals surface area contributed by atoms with Crippen molar-refractivity contribution in [2.75, 3.05) is 0 Å². The maximum Gasteiger partial charge on any atom is 0.164 e. The second kappa shape index (κ2) is 32.2. The van der Waals surface area contributed by atoms with Gasteiger partial charge in [-0.05, 0) is 215 Å². The van der Waals surface area contributed by atoms with Crippen molar-refractivity contribution in [3.05, 3.63) is 435 Å². The molecule has 126 heavy (non-hydrogen) atoms. The van der Waals surface area contributed by atoms with Crippen LogP contribution in [0.15, 0.2) is 413 Å². The largest absolute Gasteiger partial charge is 0.236 e. The first-order valence-electron chi connectivity index (χ1n) is 42.5. The topological polar surface area (TPSA) is 103 Å². The lowest BCUT2D eigenvalue weighted by atomic mass is 9.91. The number of benzene rings is 21. The lowest BCUT2D eigenvalue weighted by molar-refractivity contribution is 0.630. The molecule has 0 saturated carbocycles. The minimum Gasteiger partial charge on any atom is -0.236 e. The summed E-state index contributed by atoms with van der Waals surface area (Å²) in [7, 11) is 0. The predicted molar refractivity (Wildman–Crippen MR) is 523 cm³/mol. The Morgan fingerprint density at radius 1 is 0.175 bits per heavy atom. The van der Waals surface area contributed by atoms with E-state index in [2.05, 4.69) is 318 Å². The maximum absolute atomic E-state index is 14.3. The summed E-state index contributed by atoms with van der Waals surface area (Å²) in [5.41, 5.74) is 17.1. The molecule has 0 unspecified atom stereocenters. The predicted octanol–water partition coefficient (Wildman–Crippen LogP) is 30.6. The fraction of sp³-hybridized carbons (Fsp3) is 0.0256. The van der Waals surface area contributed by atoms with Crippen molar-refractivity contribution in [2.24, 2.45) is 0 Å². The normalized spacial score (nSPS) is 11.5. The van der Waals surface area contributed by atoms with E-state index < -0.39 is 0 Å². The van der Waals surface area contributed by atoms with Crippen LogP contribution in [0.1, 0.15) is 16.7 Å². The third kappa shape index (κ3) is 14.3. The summed E-state index contributed by atoms with van der Waals surface area (Å²) < 4.78 is 14.3. The molecule has 24 aromatic rings. The minimum atomic E-state index is -0.238. The highest BCUT2D eigenvalue weighted by atomic mass is 19.1. The van der Waals surface area contributed by atoms with Crippen LogP contribution in [-0.2, 0) is 0 Å². The van der Waals surface area contributed by atoms with E-state index in [1.54, 1.807) is 6.07 Å². The van der Waals surface area contributed by atoms with Crippen LogP contribution >= 0.6 is 0 Å². The highest BCUT2D eigenvalue weighted by Gasteiger charge is 2.21. The summed E-state index contributed by atoms with van der Waals surface area (Å²) in [6, 6.07) is 141. The Bertz CT molecular complexity index is 8360. The van der Waals surface area contributed by atoms with Crippen LogP contribution in [0, 0.1) is 26.6 Å². The van der Waals surface area contributed by atoms with Crippen molar-refractivity contribution in [2.45, 2.75) is 20.8 Å². The van der Waals surface area contributed by atoms with Gasteiger partial charge in [0, 0.05) is 50.7 Å². The van der Waals surface area contributed by atoms with Gasteiger partial charge in [0.2, 0.25) is 0 Å². The number of hydrogen-bond donors (Lipinski definition) is 0. The molecule has 0 amide bonds. The van der Waals surface area contributed by atoms with Crippen LogP contribution in [0.3, 0.4) is 0 Å². The fourth-order valence-corrected chi connectivity index (χ4v) is 18.1. The van der Waals surface area contributed by atoms with Crippen molar-refractivity contribution in [3.8, 4) is 113 Å². The summed E-state index contributed by atoms with van der Waals surface area (Å²) >= 11 is 0. The second-order valence-corrected chi connectivity index (χ2v) is 32.4. The number of aryl methyl sites for hydroxylation is 3. The summed E-state index contributed by atoms with van der Waals surface area (Å²) in [6.07, 6.45) is 1.93. The zero-order chi connectivity index (χ0) is 84.3. The number of hydrogen-bond acceptors (Lipinski definition) is 8. The Morgan fingerprint density at radius 2 is 0.460 bits per heavy atom. The van der Waals surface area contributed by atoms with Gasteiger partial charge in [-0.25, -0.2) is 44.3 Å². The first-order valence-corrected chi connectivity index (χ1v) is 42.5. The molecule has 24 rings (SSSR count).